The van der Waals surface area contributed by atoms with Crippen LogP contribution < -0.4 is 0 Å². The molecule has 6 heteroatoms. The van der Waals surface area contributed by atoms with E-state index in [1.54, 1.807) is 6.20 Å². The van der Waals surface area contributed by atoms with Gasteiger partial charge in [-0.15, -0.1) is 0 Å². The zero-order chi connectivity index (χ0) is 11.3. The van der Waals surface area contributed by atoms with E-state index in [0.717, 1.165) is 10.9 Å². The van der Waals surface area contributed by atoms with Gasteiger partial charge in [0.2, 0.25) is 0 Å². The normalized spacial score (nSPS) is 23.6. The first kappa shape index (κ1) is 9.59. The molecule has 2 aromatic heterocycles. The Hall–Kier alpha value is -1.62. The molecule has 0 amide bonds. The van der Waals surface area contributed by atoms with Crippen LogP contribution in [0.1, 0.15) is 17.9 Å². The molecule has 1 fully saturated rings. The molecule has 0 bridgehead atoms. The highest BCUT2D eigenvalue weighted by Gasteiger charge is 2.45. The molecule has 1 aliphatic rings. The molecule has 0 radical (unpaired) electrons. The highest BCUT2D eigenvalue weighted by atomic mass is 35.5. The number of rotatable bonds is 2. The average Bonchev–Trinajstić information content (AvgIpc) is 2.93. The summed E-state index contributed by atoms with van der Waals surface area (Å²) in [5.74, 6) is -1.02. The van der Waals surface area contributed by atoms with E-state index < -0.39 is 5.97 Å². The lowest BCUT2D eigenvalue weighted by Gasteiger charge is -1.97. The number of fused-ring (bicyclic) bond motifs is 1. The molecule has 16 heavy (non-hydrogen) atoms. The van der Waals surface area contributed by atoms with E-state index in [2.05, 4.69) is 15.0 Å². The quantitative estimate of drug-likeness (QED) is 0.781. The minimum atomic E-state index is -0.757. The molecule has 1 aliphatic carbocycles. The zero-order valence-electron chi connectivity index (χ0n) is 8.14. The number of carbonyl (C=O) groups is 1. The highest BCUT2D eigenvalue weighted by molar-refractivity contribution is 6.34. The number of H-pyrrole nitrogens is 1. The Bertz CT molecular complexity index is 580. The number of aromatic amines is 1. The van der Waals surface area contributed by atoms with Crippen molar-refractivity contribution < 1.29 is 9.90 Å². The van der Waals surface area contributed by atoms with Gasteiger partial charge >= 0.3 is 5.97 Å². The minimum Gasteiger partial charge on any atom is -0.481 e. The van der Waals surface area contributed by atoms with E-state index in [4.69, 9.17) is 16.7 Å². The van der Waals surface area contributed by atoms with Gasteiger partial charge in [-0.1, -0.05) is 11.6 Å². The summed E-state index contributed by atoms with van der Waals surface area (Å²) in [5.41, 5.74) is 1.57. The van der Waals surface area contributed by atoms with Crippen molar-refractivity contribution in [3.63, 3.8) is 0 Å². The summed E-state index contributed by atoms with van der Waals surface area (Å²) in [6, 6.07) is 0. The molecule has 5 nitrogen and oxygen atoms in total. The zero-order valence-corrected chi connectivity index (χ0v) is 8.90. The van der Waals surface area contributed by atoms with Crippen LogP contribution >= 0.6 is 11.6 Å². The van der Waals surface area contributed by atoms with Crippen LogP contribution in [-0.2, 0) is 4.79 Å². The predicted octanol–water partition coefficient (Wildman–Crippen LogP) is 1.80. The van der Waals surface area contributed by atoms with Crippen molar-refractivity contribution >= 4 is 28.6 Å². The second-order valence-electron chi connectivity index (χ2n) is 3.92. The second kappa shape index (κ2) is 3.18. The van der Waals surface area contributed by atoms with Crippen molar-refractivity contribution in [1.82, 2.24) is 15.0 Å². The van der Waals surface area contributed by atoms with Gasteiger partial charge in [0.05, 0.1) is 11.3 Å². The van der Waals surface area contributed by atoms with E-state index in [9.17, 15) is 4.79 Å². The Balaban J connectivity index is 2.09. The lowest BCUT2D eigenvalue weighted by Crippen LogP contribution is -1.98. The van der Waals surface area contributed by atoms with Gasteiger partial charge in [-0.3, -0.25) is 4.79 Å². The van der Waals surface area contributed by atoms with Gasteiger partial charge in [0, 0.05) is 12.1 Å². The molecule has 0 aromatic carbocycles. The molecule has 0 aliphatic heterocycles. The van der Waals surface area contributed by atoms with E-state index in [1.807, 2.05) is 0 Å². The molecular weight excluding hydrogens is 230 g/mol. The van der Waals surface area contributed by atoms with Crippen molar-refractivity contribution in [2.24, 2.45) is 5.92 Å². The number of hydrogen-bond acceptors (Lipinski definition) is 3. The fourth-order valence-corrected chi connectivity index (χ4v) is 2.29. The van der Waals surface area contributed by atoms with Crippen molar-refractivity contribution in [3.8, 4) is 0 Å². The predicted molar refractivity (Wildman–Crippen MR) is 57.4 cm³/mol. The standard InChI is InChI=1S/C10H8ClN3O2/c11-8-7-6(4-1-5(4)10(15)16)2-12-9(7)14-3-13-8/h2-5H,1H2,(H,15,16)(H,12,13,14). The Morgan fingerprint density at radius 1 is 1.56 bits per heavy atom. The molecule has 0 saturated heterocycles. The maximum Gasteiger partial charge on any atom is 0.307 e. The van der Waals surface area contributed by atoms with Crippen LogP contribution in [0.4, 0.5) is 0 Å². The summed E-state index contributed by atoms with van der Waals surface area (Å²) in [6.45, 7) is 0. The summed E-state index contributed by atoms with van der Waals surface area (Å²) in [4.78, 5) is 21.7. The van der Waals surface area contributed by atoms with Gasteiger partial charge in [0.1, 0.15) is 17.1 Å². The number of carboxylic acids is 1. The van der Waals surface area contributed by atoms with Gasteiger partial charge in [0.25, 0.3) is 0 Å². The number of nitrogens with one attached hydrogen (secondary N) is 1. The van der Waals surface area contributed by atoms with Gasteiger partial charge in [-0.2, -0.15) is 0 Å². The minimum absolute atomic E-state index is 0.0368. The summed E-state index contributed by atoms with van der Waals surface area (Å²) in [6.07, 6.45) is 3.82. The van der Waals surface area contributed by atoms with Crippen LogP contribution in [0.15, 0.2) is 12.5 Å². The van der Waals surface area contributed by atoms with Crippen LogP contribution in [0.5, 0.6) is 0 Å². The average molecular weight is 238 g/mol. The Labute approximate surface area is 95.5 Å². The fraction of sp³-hybridized carbons (Fsp3) is 0.300. The van der Waals surface area contributed by atoms with Crippen LogP contribution in [0.25, 0.3) is 11.0 Å². The molecule has 2 N–H and O–H groups in total. The summed E-state index contributed by atoms with van der Waals surface area (Å²) >= 11 is 5.98. The summed E-state index contributed by atoms with van der Waals surface area (Å²) < 4.78 is 0. The molecule has 2 aromatic rings. The van der Waals surface area contributed by atoms with E-state index >= 15 is 0 Å². The summed E-state index contributed by atoms with van der Waals surface area (Å²) in [5, 5.41) is 10.0. The number of carboxylic acid groups (broad SMARTS) is 1. The summed E-state index contributed by atoms with van der Waals surface area (Å²) in [7, 11) is 0. The first-order valence-electron chi connectivity index (χ1n) is 4.88. The third-order valence-corrected chi connectivity index (χ3v) is 3.25. The maximum atomic E-state index is 10.8. The number of hydrogen-bond donors (Lipinski definition) is 2. The van der Waals surface area contributed by atoms with E-state index in [1.165, 1.54) is 6.33 Å². The van der Waals surface area contributed by atoms with Gasteiger partial charge in [-0.05, 0) is 12.0 Å². The molecule has 2 heterocycles. The van der Waals surface area contributed by atoms with Gasteiger partial charge in [-0.25, -0.2) is 9.97 Å². The number of aromatic nitrogens is 3. The third kappa shape index (κ3) is 1.28. The van der Waals surface area contributed by atoms with Crippen molar-refractivity contribution in [1.29, 1.82) is 0 Å². The highest BCUT2D eigenvalue weighted by Crippen LogP contribution is 2.50. The molecular formula is C10H8ClN3O2. The first-order chi connectivity index (χ1) is 7.68. The molecule has 0 spiro atoms. The molecule has 3 rings (SSSR count). The Morgan fingerprint density at radius 2 is 2.38 bits per heavy atom. The lowest BCUT2D eigenvalue weighted by atomic mass is 10.1. The topological polar surface area (TPSA) is 78.9 Å². The SMILES string of the molecule is O=C(O)C1CC1c1c[nH]c2ncnc(Cl)c12. The third-order valence-electron chi connectivity index (χ3n) is 2.96. The van der Waals surface area contributed by atoms with Crippen molar-refractivity contribution in [3.05, 3.63) is 23.2 Å². The molecule has 82 valence electrons. The largest absolute Gasteiger partial charge is 0.481 e. The van der Waals surface area contributed by atoms with Gasteiger partial charge < -0.3 is 10.1 Å². The van der Waals surface area contributed by atoms with Crippen molar-refractivity contribution in [2.45, 2.75) is 12.3 Å². The number of nitrogens with zero attached hydrogens (tertiary/aromatic N) is 2. The monoisotopic (exact) mass is 237 g/mol. The van der Waals surface area contributed by atoms with Crippen molar-refractivity contribution in [2.75, 3.05) is 0 Å². The van der Waals surface area contributed by atoms with Crippen LogP contribution in [0, 0.1) is 5.92 Å². The van der Waals surface area contributed by atoms with Gasteiger partial charge in [0.15, 0.2) is 0 Å². The van der Waals surface area contributed by atoms with E-state index in [0.29, 0.717) is 17.2 Å². The van der Waals surface area contributed by atoms with E-state index in [-0.39, 0.29) is 11.8 Å². The molecule has 1 saturated carbocycles. The fourth-order valence-electron chi connectivity index (χ4n) is 2.05. The Morgan fingerprint density at radius 3 is 3.06 bits per heavy atom. The Kier molecular flexibility index (Phi) is 1.91. The molecule has 2 unspecified atom stereocenters. The first-order valence-corrected chi connectivity index (χ1v) is 5.26. The maximum absolute atomic E-state index is 10.8. The smallest absolute Gasteiger partial charge is 0.307 e. The van der Waals surface area contributed by atoms with Crippen LogP contribution in [0.2, 0.25) is 5.15 Å². The van der Waals surface area contributed by atoms with Crippen LogP contribution in [0.3, 0.4) is 0 Å². The number of aliphatic carboxylic acids is 1. The van der Waals surface area contributed by atoms with Crippen LogP contribution in [-0.4, -0.2) is 26.0 Å². The lowest BCUT2D eigenvalue weighted by molar-refractivity contribution is -0.138. The molecule has 2 atom stereocenters. The number of halogens is 1. The second-order valence-corrected chi connectivity index (χ2v) is 4.28.